The first kappa shape index (κ1) is 12.7. The van der Waals surface area contributed by atoms with Gasteiger partial charge < -0.3 is 19.9 Å². The minimum atomic E-state index is -0.267. The third-order valence-corrected chi connectivity index (χ3v) is 4.74. The van der Waals surface area contributed by atoms with Crippen molar-refractivity contribution in [3.63, 3.8) is 0 Å². The van der Waals surface area contributed by atoms with E-state index in [9.17, 15) is 4.79 Å². The molecular weight excluding hydrogens is 286 g/mol. The van der Waals surface area contributed by atoms with Crippen molar-refractivity contribution in [2.24, 2.45) is 0 Å². The molecule has 1 aliphatic rings. The molecule has 0 spiro atoms. The largest absolute Gasteiger partial charge is 0.415 e. The molecule has 1 saturated heterocycles. The van der Waals surface area contributed by atoms with Gasteiger partial charge in [0.2, 0.25) is 0 Å². The lowest BCUT2D eigenvalue weighted by Gasteiger charge is -2.26. The molecule has 3 aromatic rings. The quantitative estimate of drug-likeness (QED) is 0.726. The van der Waals surface area contributed by atoms with Crippen LogP contribution < -0.4 is 10.1 Å². The summed E-state index contributed by atoms with van der Waals surface area (Å²) >= 11 is 1.60. The van der Waals surface area contributed by atoms with E-state index in [0.717, 1.165) is 34.1 Å². The van der Waals surface area contributed by atoms with E-state index < -0.39 is 0 Å². The Kier molecular flexibility index (Phi) is 3.05. The van der Waals surface area contributed by atoms with Gasteiger partial charge in [0.25, 0.3) is 0 Å². The Morgan fingerprint density at radius 2 is 2.10 bits per heavy atom. The summed E-state index contributed by atoms with van der Waals surface area (Å²) < 4.78 is 6.67. The van der Waals surface area contributed by atoms with Crippen LogP contribution in [0.15, 0.2) is 29.8 Å². The van der Waals surface area contributed by atoms with E-state index in [4.69, 9.17) is 4.74 Å². The Morgan fingerprint density at radius 3 is 2.95 bits per heavy atom. The van der Waals surface area contributed by atoms with E-state index in [1.165, 1.54) is 0 Å². The summed E-state index contributed by atoms with van der Waals surface area (Å²) in [6.07, 6.45) is 1.64. The van der Waals surface area contributed by atoms with Crippen molar-refractivity contribution in [1.82, 2.24) is 15.2 Å². The fourth-order valence-corrected chi connectivity index (χ4v) is 3.59. The molecule has 5 nitrogen and oxygen atoms in total. The van der Waals surface area contributed by atoms with Gasteiger partial charge in [-0.3, -0.25) is 0 Å². The standard InChI is InChI=1S/C15H15N3O2S/c19-15(18-6-4-16-5-7-18)20-13-9-12-10(1-3-17-12)11-2-8-21-14(11)13/h1-3,8-9,16-17H,4-7H2. The van der Waals surface area contributed by atoms with E-state index in [2.05, 4.69) is 16.4 Å². The fourth-order valence-electron chi connectivity index (χ4n) is 2.73. The molecule has 0 saturated carbocycles. The Labute approximate surface area is 125 Å². The molecule has 0 bridgehead atoms. The van der Waals surface area contributed by atoms with Gasteiger partial charge in [-0.1, -0.05) is 0 Å². The Morgan fingerprint density at radius 1 is 1.24 bits per heavy atom. The lowest BCUT2D eigenvalue weighted by atomic mass is 10.1. The highest BCUT2D eigenvalue weighted by atomic mass is 32.1. The van der Waals surface area contributed by atoms with E-state index in [1.54, 1.807) is 16.2 Å². The SMILES string of the molecule is O=C(Oc1cc2[nH]ccc2c2ccsc12)N1CCNCC1. The van der Waals surface area contributed by atoms with Crippen molar-refractivity contribution >= 4 is 38.4 Å². The molecule has 21 heavy (non-hydrogen) atoms. The molecule has 4 rings (SSSR count). The number of thiophene rings is 1. The number of carbonyl (C=O) groups is 1. The average Bonchev–Trinajstić information content (AvgIpc) is 3.16. The van der Waals surface area contributed by atoms with Crippen molar-refractivity contribution in [2.45, 2.75) is 0 Å². The smallest absolute Gasteiger partial charge is 0.409 e. The molecule has 2 N–H and O–H groups in total. The van der Waals surface area contributed by atoms with Gasteiger partial charge in [0.05, 0.1) is 4.70 Å². The highest BCUT2D eigenvalue weighted by Crippen LogP contribution is 2.36. The van der Waals surface area contributed by atoms with Gasteiger partial charge in [-0.15, -0.1) is 11.3 Å². The molecule has 0 aliphatic carbocycles. The van der Waals surface area contributed by atoms with Crippen LogP contribution in [0.3, 0.4) is 0 Å². The first-order valence-electron chi connectivity index (χ1n) is 6.98. The zero-order valence-electron chi connectivity index (χ0n) is 11.4. The first-order valence-corrected chi connectivity index (χ1v) is 7.86. The average molecular weight is 301 g/mol. The topological polar surface area (TPSA) is 57.4 Å². The first-order chi connectivity index (χ1) is 10.3. The molecule has 108 valence electrons. The van der Waals surface area contributed by atoms with Gasteiger partial charge in [-0.2, -0.15) is 0 Å². The third kappa shape index (κ3) is 2.16. The second-order valence-electron chi connectivity index (χ2n) is 5.08. The van der Waals surface area contributed by atoms with E-state index >= 15 is 0 Å². The van der Waals surface area contributed by atoms with Crippen molar-refractivity contribution in [2.75, 3.05) is 26.2 Å². The molecule has 1 aromatic carbocycles. The number of hydrogen-bond donors (Lipinski definition) is 2. The molecule has 1 fully saturated rings. The van der Waals surface area contributed by atoms with E-state index in [0.29, 0.717) is 18.8 Å². The number of nitrogens with one attached hydrogen (secondary N) is 2. The highest BCUT2D eigenvalue weighted by Gasteiger charge is 2.20. The molecule has 1 aliphatic heterocycles. The zero-order valence-corrected chi connectivity index (χ0v) is 12.2. The summed E-state index contributed by atoms with van der Waals surface area (Å²) in [4.78, 5) is 17.2. The van der Waals surface area contributed by atoms with Crippen molar-refractivity contribution in [3.05, 3.63) is 29.8 Å². The number of hydrogen-bond acceptors (Lipinski definition) is 4. The van der Waals surface area contributed by atoms with Gasteiger partial charge in [-0.05, 0) is 17.5 Å². The zero-order chi connectivity index (χ0) is 14.2. The third-order valence-electron chi connectivity index (χ3n) is 3.81. The maximum Gasteiger partial charge on any atom is 0.415 e. The number of ether oxygens (including phenoxy) is 1. The van der Waals surface area contributed by atoms with Crippen LogP contribution in [0.1, 0.15) is 0 Å². The Bertz CT molecular complexity index is 802. The molecule has 2 aromatic heterocycles. The molecule has 0 atom stereocenters. The summed E-state index contributed by atoms with van der Waals surface area (Å²) in [7, 11) is 0. The summed E-state index contributed by atoms with van der Waals surface area (Å²) in [5.41, 5.74) is 0.990. The molecule has 3 heterocycles. The second kappa shape index (κ2) is 5.05. The van der Waals surface area contributed by atoms with Crippen LogP contribution in [-0.2, 0) is 0 Å². The van der Waals surface area contributed by atoms with Crippen LogP contribution in [0.4, 0.5) is 4.79 Å². The maximum atomic E-state index is 12.3. The minimum Gasteiger partial charge on any atom is -0.409 e. The number of carbonyl (C=O) groups excluding carboxylic acids is 1. The number of aromatic nitrogens is 1. The van der Waals surface area contributed by atoms with Crippen LogP contribution >= 0.6 is 11.3 Å². The van der Waals surface area contributed by atoms with Gasteiger partial charge >= 0.3 is 6.09 Å². The van der Waals surface area contributed by atoms with E-state index in [1.807, 2.05) is 23.7 Å². The number of fused-ring (bicyclic) bond motifs is 3. The van der Waals surface area contributed by atoms with Crippen LogP contribution in [0.2, 0.25) is 0 Å². The number of nitrogens with zero attached hydrogens (tertiary/aromatic N) is 1. The minimum absolute atomic E-state index is 0.267. The fraction of sp³-hybridized carbons (Fsp3) is 0.267. The lowest BCUT2D eigenvalue weighted by Crippen LogP contribution is -2.47. The summed E-state index contributed by atoms with van der Waals surface area (Å²) in [6, 6.07) is 6.03. The van der Waals surface area contributed by atoms with Gasteiger partial charge in [-0.25, -0.2) is 4.79 Å². The summed E-state index contributed by atoms with van der Waals surface area (Å²) in [5.74, 6) is 0.637. The van der Waals surface area contributed by atoms with Gasteiger partial charge in [0, 0.05) is 54.7 Å². The monoisotopic (exact) mass is 301 g/mol. The number of benzene rings is 1. The number of piperazine rings is 1. The predicted molar refractivity (Wildman–Crippen MR) is 84.1 cm³/mol. The Hall–Kier alpha value is -2.05. The lowest BCUT2D eigenvalue weighted by molar-refractivity contribution is 0.146. The molecular formula is C15H15N3O2S. The van der Waals surface area contributed by atoms with Crippen LogP contribution in [0.25, 0.3) is 21.0 Å². The van der Waals surface area contributed by atoms with Crippen LogP contribution in [0, 0.1) is 0 Å². The second-order valence-corrected chi connectivity index (χ2v) is 6.00. The molecule has 1 amide bonds. The maximum absolute atomic E-state index is 12.3. The highest BCUT2D eigenvalue weighted by molar-refractivity contribution is 7.17. The number of H-pyrrole nitrogens is 1. The van der Waals surface area contributed by atoms with Crippen LogP contribution in [-0.4, -0.2) is 42.2 Å². The number of amides is 1. The van der Waals surface area contributed by atoms with Crippen molar-refractivity contribution in [3.8, 4) is 5.75 Å². The molecule has 0 unspecified atom stereocenters. The van der Waals surface area contributed by atoms with E-state index in [-0.39, 0.29) is 6.09 Å². The number of aromatic amines is 1. The summed E-state index contributed by atoms with van der Waals surface area (Å²) in [6.45, 7) is 3.02. The number of rotatable bonds is 1. The van der Waals surface area contributed by atoms with Crippen LogP contribution in [0.5, 0.6) is 5.75 Å². The van der Waals surface area contributed by atoms with Gasteiger partial charge in [0.15, 0.2) is 5.75 Å². The predicted octanol–water partition coefficient (Wildman–Crippen LogP) is 2.79. The van der Waals surface area contributed by atoms with Crippen molar-refractivity contribution in [1.29, 1.82) is 0 Å². The Balaban J connectivity index is 1.71. The normalized spacial score (nSPS) is 15.7. The van der Waals surface area contributed by atoms with Gasteiger partial charge in [0.1, 0.15) is 0 Å². The molecule has 0 radical (unpaired) electrons. The van der Waals surface area contributed by atoms with Crippen molar-refractivity contribution < 1.29 is 9.53 Å². The summed E-state index contributed by atoms with van der Waals surface area (Å²) in [5, 5.41) is 7.54. The molecule has 6 heteroatoms.